The van der Waals surface area contributed by atoms with Crippen molar-refractivity contribution in [3.05, 3.63) is 11.8 Å². The fraction of sp³-hybridized carbons (Fsp3) is 0.667. The van der Waals surface area contributed by atoms with E-state index in [2.05, 4.69) is 0 Å². The van der Waals surface area contributed by atoms with E-state index in [4.69, 9.17) is 19.9 Å². The van der Waals surface area contributed by atoms with Crippen molar-refractivity contribution < 1.29 is 8.85 Å². The van der Waals surface area contributed by atoms with E-state index in [1.54, 1.807) is 14.2 Å². The molecule has 2 nitrogen and oxygen atoms in total. The molecule has 0 aliphatic rings. The van der Waals surface area contributed by atoms with E-state index in [1.165, 1.54) is 0 Å². The molecule has 0 aliphatic heterocycles. The second kappa shape index (κ2) is 4.90. The maximum Gasteiger partial charge on any atom is 0.469 e. The summed E-state index contributed by atoms with van der Waals surface area (Å²) < 4.78 is 9.97. The molecule has 0 heterocycles. The normalized spacial score (nSPS) is 12.8. The third-order valence-electron chi connectivity index (χ3n) is 1.11. The van der Waals surface area contributed by atoms with Gasteiger partial charge in [-0.3, -0.25) is 0 Å². The molecule has 0 amide bonds. The molecule has 0 saturated carbocycles. The molecule has 0 fully saturated rings. The van der Waals surface area contributed by atoms with Crippen LogP contribution in [0, 0.1) is 0 Å². The molecule has 0 atom stereocenters. The summed E-state index contributed by atoms with van der Waals surface area (Å²) in [6.07, 6.45) is 2.90. The van der Waals surface area contributed by atoms with Gasteiger partial charge < -0.3 is 8.85 Å². The minimum atomic E-state index is -2.43. The molecule has 0 aliphatic carbocycles. The smallest absolute Gasteiger partial charge is 0.383 e. The van der Waals surface area contributed by atoms with Gasteiger partial charge in [0.05, 0.1) is 0 Å². The van der Waals surface area contributed by atoms with Gasteiger partial charge in [-0.25, -0.2) is 0 Å². The first-order valence-electron chi connectivity index (χ1n) is 3.15. The van der Waals surface area contributed by atoms with Crippen molar-refractivity contribution in [3.8, 4) is 0 Å². The van der Waals surface area contributed by atoms with Crippen molar-refractivity contribution in [1.29, 1.82) is 0 Å². The van der Waals surface area contributed by atoms with Crippen LogP contribution in [0.15, 0.2) is 11.8 Å². The Hall–Kier alpha value is 0.167. The SMILES string of the molecule is CC/C=C/[Si](Cl)(OC)OC. The standard InChI is InChI=1S/C6H13ClO2Si/c1-4-5-6-10(7,8-2)9-3/h5-6H,4H2,1-3H3/b6-5+. The average molecular weight is 181 g/mol. The topological polar surface area (TPSA) is 18.5 Å². The van der Waals surface area contributed by atoms with E-state index in [9.17, 15) is 0 Å². The van der Waals surface area contributed by atoms with Gasteiger partial charge in [-0.1, -0.05) is 24.1 Å². The third kappa shape index (κ3) is 3.36. The van der Waals surface area contributed by atoms with Gasteiger partial charge in [-0.15, -0.1) is 0 Å². The molecule has 60 valence electrons. The summed E-state index contributed by atoms with van der Waals surface area (Å²) in [5.74, 6) is 0. The van der Waals surface area contributed by atoms with Gasteiger partial charge in [-0.2, -0.15) is 0 Å². The highest BCUT2D eigenvalue weighted by molar-refractivity contribution is 7.15. The molecule has 0 spiro atoms. The molecule has 0 bridgehead atoms. The van der Waals surface area contributed by atoms with E-state index < -0.39 is 7.87 Å². The minimum Gasteiger partial charge on any atom is -0.383 e. The highest BCUT2D eigenvalue weighted by atomic mass is 35.6. The first-order chi connectivity index (χ1) is 4.68. The molecule has 0 aromatic rings. The van der Waals surface area contributed by atoms with Crippen molar-refractivity contribution >= 4 is 18.9 Å². The van der Waals surface area contributed by atoms with Crippen LogP contribution in [0.25, 0.3) is 0 Å². The fourth-order valence-corrected chi connectivity index (χ4v) is 1.70. The minimum absolute atomic E-state index is 0.953. The Balaban J connectivity index is 3.92. The number of halogens is 1. The first kappa shape index (κ1) is 10.2. The summed E-state index contributed by atoms with van der Waals surface area (Å²) in [6, 6.07) is 0. The average Bonchev–Trinajstić information content (AvgIpc) is 2.00. The van der Waals surface area contributed by atoms with Crippen molar-refractivity contribution in [3.63, 3.8) is 0 Å². The Labute approximate surface area is 67.7 Å². The van der Waals surface area contributed by atoms with Gasteiger partial charge >= 0.3 is 7.87 Å². The highest BCUT2D eigenvalue weighted by Crippen LogP contribution is 2.11. The Morgan fingerprint density at radius 3 is 2.20 bits per heavy atom. The quantitative estimate of drug-likeness (QED) is 0.487. The van der Waals surface area contributed by atoms with Gasteiger partial charge in [0.15, 0.2) is 0 Å². The molecule has 0 aromatic carbocycles. The number of allylic oxidation sites excluding steroid dienone is 1. The van der Waals surface area contributed by atoms with E-state index in [-0.39, 0.29) is 0 Å². The number of hydrogen-bond acceptors (Lipinski definition) is 2. The Morgan fingerprint density at radius 1 is 1.40 bits per heavy atom. The van der Waals surface area contributed by atoms with E-state index in [0.29, 0.717) is 0 Å². The Bertz CT molecular complexity index is 112. The van der Waals surface area contributed by atoms with Gasteiger partial charge in [-0.05, 0) is 12.1 Å². The van der Waals surface area contributed by atoms with Crippen molar-refractivity contribution in [1.82, 2.24) is 0 Å². The maximum atomic E-state index is 5.89. The molecule has 0 rings (SSSR count). The lowest BCUT2D eigenvalue weighted by molar-refractivity contribution is 0.279. The molecule has 10 heavy (non-hydrogen) atoms. The van der Waals surface area contributed by atoms with Crippen molar-refractivity contribution in [2.24, 2.45) is 0 Å². The first-order valence-corrected chi connectivity index (χ1v) is 6.06. The lowest BCUT2D eigenvalue weighted by Gasteiger charge is -2.14. The molecule has 0 N–H and O–H groups in total. The maximum absolute atomic E-state index is 5.89. The van der Waals surface area contributed by atoms with E-state index >= 15 is 0 Å². The summed E-state index contributed by atoms with van der Waals surface area (Å²) in [4.78, 5) is 0. The van der Waals surface area contributed by atoms with Crippen molar-refractivity contribution in [2.45, 2.75) is 13.3 Å². The van der Waals surface area contributed by atoms with Crippen LogP contribution in [0.1, 0.15) is 13.3 Å². The predicted octanol–water partition coefficient (Wildman–Crippen LogP) is 1.96. The van der Waals surface area contributed by atoms with Crippen LogP contribution in [0.3, 0.4) is 0 Å². The molecule has 0 aromatic heterocycles. The van der Waals surface area contributed by atoms with Crippen LogP contribution in [-0.2, 0) is 8.85 Å². The monoisotopic (exact) mass is 180 g/mol. The van der Waals surface area contributed by atoms with Gasteiger partial charge in [0.1, 0.15) is 0 Å². The third-order valence-corrected chi connectivity index (χ3v) is 4.16. The van der Waals surface area contributed by atoms with Gasteiger partial charge in [0.25, 0.3) is 0 Å². The largest absolute Gasteiger partial charge is 0.469 e. The van der Waals surface area contributed by atoms with E-state index in [0.717, 1.165) is 6.42 Å². The summed E-state index contributed by atoms with van der Waals surface area (Å²) in [5, 5.41) is 0. The van der Waals surface area contributed by atoms with Gasteiger partial charge in [0.2, 0.25) is 0 Å². The number of rotatable bonds is 4. The van der Waals surface area contributed by atoms with Crippen LogP contribution in [-0.4, -0.2) is 22.1 Å². The zero-order chi connectivity index (χ0) is 8.04. The van der Waals surface area contributed by atoms with Crippen LogP contribution >= 0.6 is 11.1 Å². The lowest BCUT2D eigenvalue weighted by Crippen LogP contribution is -2.30. The fourth-order valence-electron chi connectivity index (χ4n) is 0.478. The van der Waals surface area contributed by atoms with Crippen LogP contribution in [0.2, 0.25) is 0 Å². The summed E-state index contributed by atoms with van der Waals surface area (Å²) in [5.41, 5.74) is 1.81. The summed E-state index contributed by atoms with van der Waals surface area (Å²) in [6.45, 7) is 2.04. The second-order valence-corrected chi connectivity index (χ2v) is 5.70. The molecule has 4 heteroatoms. The molecular weight excluding hydrogens is 168 g/mol. The number of hydrogen-bond donors (Lipinski definition) is 0. The summed E-state index contributed by atoms with van der Waals surface area (Å²) >= 11 is 5.89. The molecule has 0 saturated heterocycles. The van der Waals surface area contributed by atoms with Crippen LogP contribution in [0.5, 0.6) is 0 Å². The highest BCUT2D eigenvalue weighted by Gasteiger charge is 2.28. The van der Waals surface area contributed by atoms with Gasteiger partial charge in [0, 0.05) is 14.2 Å². The Kier molecular flexibility index (Phi) is 4.98. The molecule has 0 radical (unpaired) electrons. The van der Waals surface area contributed by atoms with Crippen molar-refractivity contribution in [2.75, 3.05) is 14.2 Å². The lowest BCUT2D eigenvalue weighted by atomic mass is 10.5. The zero-order valence-corrected chi connectivity index (χ0v) is 8.31. The molecular formula is C6H13ClO2Si. The van der Waals surface area contributed by atoms with Crippen LogP contribution in [0.4, 0.5) is 0 Å². The predicted molar refractivity (Wildman–Crippen MR) is 45.1 cm³/mol. The Morgan fingerprint density at radius 2 is 1.90 bits per heavy atom. The summed E-state index contributed by atoms with van der Waals surface area (Å²) in [7, 11) is 0.690. The zero-order valence-electron chi connectivity index (χ0n) is 6.56. The van der Waals surface area contributed by atoms with Crippen LogP contribution < -0.4 is 0 Å². The molecule has 0 unspecified atom stereocenters. The van der Waals surface area contributed by atoms with E-state index in [1.807, 2.05) is 18.7 Å². The second-order valence-electron chi connectivity index (χ2n) is 1.80.